The highest BCUT2D eigenvalue weighted by molar-refractivity contribution is 4.70. The molecule has 0 aromatic heterocycles. The van der Waals surface area contributed by atoms with Crippen LogP contribution in [0.5, 0.6) is 0 Å². The molecule has 54 valence electrons. The van der Waals surface area contributed by atoms with E-state index in [4.69, 9.17) is 9.47 Å². The molecule has 0 bridgehead atoms. The lowest BCUT2D eigenvalue weighted by atomic mass is 10.1. The average molecular weight is 130 g/mol. The lowest BCUT2D eigenvalue weighted by Gasteiger charge is -2.15. The third-order valence-electron chi connectivity index (χ3n) is 1.86. The Bertz CT molecular complexity index is 77.0. The van der Waals surface area contributed by atoms with Crippen LogP contribution in [0.3, 0.4) is 0 Å². The van der Waals surface area contributed by atoms with Crippen molar-refractivity contribution in [1.82, 2.24) is 0 Å². The lowest BCUT2D eigenvalue weighted by molar-refractivity contribution is -0.0165. The molecule has 0 aliphatic carbocycles. The molecule has 0 aromatic carbocycles. The van der Waals surface area contributed by atoms with E-state index in [-0.39, 0.29) is 6.10 Å². The normalized spacial score (nSPS) is 30.7. The summed E-state index contributed by atoms with van der Waals surface area (Å²) in [6, 6.07) is 0. The van der Waals surface area contributed by atoms with Crippen LogP contribution >= 0.6 is 0 Å². The molecule has 0 amide bonds. The van der Waals surface area contributed by atoms with E-state index in [1.165, 1.54) is 6.42 Å². The zero-order valence-electron chi connectivity index (χ0n) is 6.09. The summed E-state index contributed by atoms with van der Waals surface area (Å²) >= 11 is 0. The minimum Gasteiger partial charge on any atom is -0.379 e. The highest BCUT2D eigenvalue weighted by Gasteiger charge is 2.21. The summed E-state index contributed by atoms with van der Waals surface area (Å²) < 4.78 is 10.5. The van der Waals surface area contributed by atoms with Crippen molar-refractivity contribution in [2.24, 2.45) is 0 Å². The van der Waals surface area contributed by atoms with Gasteiger partial charge in [0.1, 0.15) is 0 Å². The first-order chi connectivity index (χ1) is 4.34. The van der Waals surface area contributed by atoms with Gasteiger partial charge in [-0.1, -0.05) is 0 Å². The second-order valence-corrected chi connectivity index (χ2v) is 2.49. The summed E-state index contributed by atoms with van der Waals surface area (Å²) in [5.41, 5.74) is 0. The van der Waals surface area contributed by atoms with Crippen LogP contribution in [0.4, 0.5) is 0 Å². The maximum absolute atomic E-state index is 5.38. The fourth-order valence-electron chi connectivity index (χ4n) is 1.12. The largest absolute Gasteiger partial charge is 0.379 e. The van der Waals surface area contributed by atoms with Crippen LogP contribution in [0.2, 0.25) is 0 Å². The molecule has 1 aliphatic rings. The molecule has 0 spiro atoms. The average Bonchev–Trinajstić information content (AvgIpc) is 2.37. The Balaban J connectivity index is 2.24. The van der Waals surface area contributed by atoms with Crippen LogP contribution < -0.4 is 0 Å². The second-order valence-electron chi connectivity index (χ2n) is 2.49. The molecular formula is C7H14O2. The van der Waals surface area contributed by atoms with E-state index in [9.17, 15) is 0 Å². The molecule has 0 aromatic rings. The van der Waals surface area contributed by atoms with Crippen molar-refractivity contribution in [3.8, 4) is 0 Å². The van der Waals surface area contributed by atoms with Gasteiger partial charge in [0, 0.05) is 13.7 Å². The zero-order valence-corrected chi connectivity index (χ0v) is 6.09. The zero-order chi connectivity index (χ0) is 6.69. The van der Waals surface area contributed by atoms with Crippen LogP contribution in [-0.2, 0) is 9.47 Å². The Morgan fingerprint density at radius 3 is 2.89 bits per heavy atom. The van der Waals surface area contributed by atoms with Crippen molar-refractivity contribution in [2.75, 3.05) is 13.7 Å². The maximum atomic E-state index is 5.38. The first kappa shape index (κ1) is 7.03. The van der Waals surface area contributed by atoms with E-state index in [1.807, 2.05) is 0 Å². The van der Waals surface area contributed by atoms with Gasteiger partial charge < -0.3 is 9.47 Å². The van der Waals surface area contributed by atoms with Crippen molar-refractivity contribution >= 4 is 0 Å². The number of hydrogen-bond acceptors (Lipinski definition) is 2. The maximum Gasteiger partial charge on any atom is 0.0834 e. The number of rotatable bonds is 2. The molecule has 2 atom stereocenters. The number of hydrogen-bond donors (Lipinski definition) is 0. The van der Waals surface area contributed by atoms with Gasteiger partial charge in [-0.25, -0.2) is 0 Å². The van der Waals surface area contributed by atoms with Crippen LogP contribution in [0.1, 0.15) is 19.8 Å². The third kappa shape index (κ3) is 1.66. The van der Waals surface area contributed by atoms with Crippen molar-refractivity contribution in [1.29, 1.82) is 0 Å². The predicted octanol–water partition coefficient (Wildman–Crippen LogP) is 1.20. The molecule has 2 unspecified atom stereocenters. The van der Waals surface area contributed by atoms with E-state index in [1.54, 1.807) is 7.11 Å². The Hall–Kier alpha value is -0.0800. The fourth-order valence-corrected chi connectivity index (χ4v) is 1.12. The Morgan fingerprint density at radius 2 is 2.44 bits per heavy atom. The summed E-state index contributed by atoms with van der Waals surface area (Å²) in [6.07, 6.45) is 2.98. The van der Waals surface area contributed by atoms with E-state index in [2.05, 4.69) is 6.92 Å². The van der Waals surface area contributed by atoms with Gasteiger partial charge in [0.15, 0.2) is 0 Å². The number of methoxy groups -OCH3 is 1. The van der Waals surface area contributed by atoms with Crippen LogP contribution in [-0.4, -0.2) is 25.9 Å². The first-order valence-electron chi connectivity index (χ1n) is 3.49. The van der Waals surface area contributed by atoms with Crippen molar-refractivity contribution < 1.29 is 9.47 Å². The summed E-state index contributed by atoms with van der Waals surface area (Å²) in [6.45, 7) is 2.97. The van der Waals surface area contributed by atoms with Crippen LogP contribution in [0.15, 0.2) is 0 Å². The topological polar surface area (TPSA) is 18.5 Å². The monoisotopic (exact) mass is 130 g/mol. The van der Waals surface area contributed by atoms with Crippen molar-refractivity contribution in [2.45, 2.75) is 32.0 Å². The standard InChI is InChI=1S/C7H14O2/c1-6(8-2)7-4-3-5-9-7/h6-7H,3-5H2,1-2H3. The predicted molar refractivity (Wildman–Crippen MR) is 35.4 cm³/mol. The molecule has 1 aliphatic heterocycles. The summed E-state index contributed by atoms with van der Waals surface area (Å²) in [4.78, 5) is 0. The van der Waals surface area contributed by atoms with Crippen molar-refractivity contribution in [3.63, 3.8) is 0 Å². The van der Waals surface area contributed by atoms with Gasteiger partial charge in [-0.05, 0) is 19.8 Å². The van der Waals surface area contributed by atoms with Gasteiger partial charge in [-0.3, -0.25) is 0 Å². The second kappa shape index (κ2) is 3.18. The SMILES string of the molecule is COC(C)C1CCCO1. The molecule has 2 heteroatoms. The molecule has 1 saturated heterocycles. The van der Waals surface area contributed by atoms with Crippen LogP contribution in [0, 0.1) is 0 Å². The van der Waals surface area contributed by atoms with E-state index in [0.717, 1.165) is 13.0 Å². The van der Waals surface area contributed by atoms with Gasteiger partial charge in [0.2, 0.25) is 0 Å². The Kier molecular flexibility index (Phi) is 2.49. The molecule has 0 saturated carbocycles. The van der Waals surface area contributed by atoms with Gasteiger partial charge >= 0.3 is 0 Å². The molecule has 9 heavy (non-hydrogen) atoms. The van der Waals surface area contributed by atoms with Crippen LogP contribution in [0.25, 0.3) is 0 Å². The fraction of sp³-hybridized carbons (Fsp3) is 1.00. The molecule has 1 heterocycles. The van der Waals surface area contributed by atoms with Gasteiger partial charge in [-0.2, -0.15) is 0 Å². The molecule has 1 fully saturated rings. The molecule has 0 N–H and O–H groups in total. The summed E-state index contributed by atoms with van der Waals surface area (Å²) in [7, 11) is 1.73. The highest BCUT2D eigenvalue weighted by Crippen LogP contribution is 2.16. The minimum atomic E-state index is 0.271. The molecule has 2 nitrogen and oxygen atoms in total. The van der Waals surface area contributed by atoms with E-state index >= 15 is 0 Å². The number of ether oxygens (including phenoxy) is 2. The van der Waals surface area contributed by atoms with Gasteiger partial charge in [0.05, 0.1) is 12.2 Å². The Morgan fingerprint density at radius 1 is 1.67 bits per heavy atom. The van der Waals surface area contributed by atoms with E-state index < -0.39 is 0 Å². The Labute approximate surface area is 56.2 Å². The minimum absolute atomic E-state index is 0.271. The lowest BCUT2D eigenvalue weighted by Crippen LogP contribution is -2.23. The summed E-state index contributed by atoms with van der Waals surface area (Å²) in [5.74, 6) is 0. The smallest absolute Gasteiger partial charge is 0.0834 e. The van der Waals surface area contributed by atoms with Gasteiger partial charge in [-0.15, -0.1) is 0 Å². The molecule has 0 radical (unpaired) electrons. The van der Waals surface area contributed by atoms with Gasteiger partial charge in [0.25, 0.3) is 0 Å². The highest BCUT2D eigenvalue weighted by atomic mass is 16.5. The summed E-state index contributed by atoms with van der Waals surface area (Å²) in [5, 5.41) is 0. The molecule has 1 rings (SSSR count). The quantitative estimate of drug-likeness (QED) is 0.559. The first-order valence-corrected chi connectivity index (χ1v) is 3.49. The van der Waals surface area contributed by atoms with Crippen molar-refractivity contribution in [3.05, 3.63) is 0 Å². The molecular weight excluding hydrogens is 116 g/mol. The third-order valence-corrected chi connectivity index (χ3v) is 1.86. The van der Waals surface area contributed by atoms with E-state index in [0.29, 0.717) is 6.10 Å².